The van der Waals surface area contributed by atoms with Crippen LogP contribution in [-0.2, 0) is 14.6 Å². The van der Waals surface area contributed by atoms with Crippen molar-refractivity contribution < 1.29 is 13.2 Å². The Morgan fingerprint density at radius 2 is 1.93 bits per heavy atom. The summed E-state index contributed by atoms with van der Waals surface area (Å²) in [6.07, 6.45) is 3.30. The number of hydrogen-bond acceptors (Lipinski definition) is 4. The summed E-state index contributed by atoms with van der Waals surface area (Å²) in [5.41, 5.74) is 0. The van der Waals surface area contributed by atoms with E-state index in [0.29, 0.717) is 19.6 Å². The Morgan fingerprint density at radius 3 is 2.43 bits per heavy atom. The molecule has 0 aromatic heterocycles. The van der Waals surface area contributed by atoms with E-state index in [1.54, 1.807) is 6.08 Å². The van der Waals surface area contributed by atoms with E-state index >= 15 is 0 Å². The number of carbonyl (C=O) groups excluding carboxylic acids is 1. The van der Waals surface area contributed by atoms with Gasteiger partial charge >= 0.3 is 0 Å². The summed E-state index contributed by atoms with van der Waals surface area (Å²) < 4.78 is 22.2. The minimum Gasteiger partial charge on any atom is -0.298 e. The fourth-order valence-electron chi connectivity index (χ4n) is 1.30. The maximum absolute atomic E-state index is 11.1. The quantitative estimate of drug-likeness (QED) is 0.618. The second-order valence-corrected chi connectivity index (χ2v) is 5.77. The highest BCUT2D eigenvalue weighted by Crippen LogP contribution is 2.02. The number of hydrogen-bond donors (Lipinski definition) is 0. The van der Waals surface area contributed by atoms with Crippen LogP contribution in [0.25, 0.3) is 0 Å². The van der Waals surface area contributed by atoms with Gasteiger partial charge in [0.2, 0.25) is 0 Å². The van der Waals surface area contributed by atoms with E-state index in [2.05, 4.69) is 0 Å². The van der Waals surface area contributed by atoms with Crippen LogP contribution in [0, 0.1) is 0 Å². The van der Waals surface area contributed by atoms with Gasteiger partial charge in [-0.1, -0.05) is 6.08 Å². The standard InChI is InChI=1S/C9H15NO3S/c1-9(11)3-2-4-10-5-7-14(12,13)8-6-10/h2-3H,4-8H2,1H3/b3-2+. The highest BCUT2D eigenvalue weighted by Gasteiger charge is 2.20. The molecule has 0 bridgehead atoms. The van der Waals surface area contributed by atoms with Crippen molar-refractivity contribution in [3.8, 4) is 0 Å². The smallest absolute Gasteiger partial charge is 0.152 e. The van der Waals surface area contributed by atoms with Gasteiger partial charge in [-0.3, -0.25) is 9.69 Å². The van der Waals surface area contributed by atoms with E-state index in [9.17, 15) is 13.2 Å². The molecule has 0 amide bonds. The van der Waals surface area contributed by atoms with Gasteiger partial charge < -0.3 is 0 Å². The zero-order valence-corrected chi connectivity index (χ0v) is 9.09. The molecule has 1 saturated heterocycles. The van der Waals surface area contributed by atoms with Crippen molar-refractivity contribution >= 4 is 15.6 Å². The molecule has 1 aliphatic heterocycles. The number of rotatable bonds is 3. The van der Waals surface area contributed by atoms with Gasteiger partial charge in [0.15, 0.2) is 15.6 Å². The van der Waals surface area contributed by atoms with E-state index in [0.717, 1.165) is 0 Å². The molecule has 0 saturated carbocycles. The SMILES string of the molecule is CC(=O)/C=C/CN1CCS(=O)(=O)CC1. The lowest BCUT2D eigenvalue weighted by molar-refractivity contribution is -0.112. The van der Waals surface area contributed by atoms with Crippen LogP contribution in [0.5, 0.6) is 0 Å². The molecule has 0 aromatic carbocycles. The molecule has 1 aliphatic rings. The summed E-state index contributed by atoms with van der Waals surface area (Å²) in [5, 5.41) is 0. The van der Waals surface area contributed by atoms with E-state index in [1.807, 2.05) is 4.90 Å². The third-order valence-corrected chi connectivity index (χ3v) is 3.76. The van der Waals surface area contributed by atoms with Crippen molar-refractivity contribution in [3.63, 3.8) is 0 Å². The highest BCUT2D eigenvalue weighted by molar-refractivity contribution is 7.91. The average Bonchev–Trinajstić information content (AvgIpc) is 2.07. The van der Waals surface area contributed by atoms with Gasteiger partial charge in [0, 0.05) is 19.6 Å². The Hall–Kier alpha value is -0.680. The molecule has 0 spiro atoms. The predicted molar refractivity (Wildman–Crippen MR) is 54.9 cm³/mol. The first-order valence-electron chi connectivity index (χ1n) is 4.59. The first-order chi connectivity index (χ1) is 6.49. The van der Waals surface area contributed by atoms with Crippen LogP contribution < -0.4 is 0 Å². The first-order valence-corrected chi connectivity index (χ1v) is 6.42. The van der Waals surface area contributed by atoms with Crippen molar-refractivity contribution in [1.29, 1.82) is 0 Å². The molecule has 0 radical (unpaired) electrons. The second kappa shape index (κ2) is 4.70. The van der Waals surface area contributed by atoms with Gasteiger partial charge in [-0.2, -0.15) is 0 Å². The lowest BCUT2D eigenvalue weighted by atomic mass is 10.3. The minimum absolute atomic E-state index is 0.0228. The van der Waals surface area contributed by atoms with Crippen LogP contribution in [0.15, 0.2) is 12.2 Å². The number of nitrogens with zero attached hydrogens (tertiary/aromatic N) is 1. The molecule has 0 N–H and O–H groups in total. The predicted octanol–water partition coefficient (Wildman–Crippen LogP) is -0.138. The molecular weight excluding hydrogens is 202 g/mol. The van der Waals surface area contributed by atoms with E-state index in [-0.39, 0.29) is 17.3 Å². The lowest BCUT2D eigenvalue weighted by Gasteiger charge is -2.24. The summed E-state index contributed by atoms with van der Waals surface area (Å²) in [4.78, 5) is 12.6. The van der Waals surface area contributed by atoms with Gasteiger partial charge in [0.1, 0.15) is 0 Å². The van der Waals surface area contributed by atoms with Crippen molar-refractivity contribution in [2.24, 2.45) is 0 Å². The van der Waals surface area contributed by atoms with Crippen LogP contribution in [-0.4, -0.2) is 50.2 Å². The molecular formula is C9H15NO3S. The molecule has 1 fully saturated rings. The molecule has 4 nitrogen and oxygen atoms in total. The topological polar surface area (TPSA) is 54.5 Å². The lowest BCUT2D eigenvalue weighted by Crippen LogP contribution is -2.40. The zero-order chi connectivity index (χ0) is 10.6. The first kappa shape index (κ1) is 11.4. The van der Waals surface area contributed by atoms with E-state index in [1.165, 1.54) is 13.0 Å². The summed E-state index contributed by atoms with van der Waals surface area (Å²) in [7, 11) is -2.79. The van der Waals surface area contributed by atoms with Crippen LogP contribution in [0.4, 0.5) is 0 Å². The highest BCUT2D eigenvalue weighted by atomic mass is 32.2. The number of carbonyl (C=O) groups is 1. The third-order valence-electron chi connectivity index (χ3n) is 2.15. The van der Waals surface area contributed by atoms with Gasteiger partial charge in [-0.05, 0) is 13.0 Å². The minimum atomic E-state index is -2.79. The van der Waals surface area contributed by atoms with Crippen molar-refractivity contribution in [2.45, 2.75) is 6.92 Å². The van der Waals surface area contributed by atoms with Gasteiger partial charge in [-0.25, -0.2) is 8.42 Å². The van der Waals surface area contributed by atoms with Crippen LogP contribution in [0.3, 0.4) is 0 Å². The maximum atomic E-state index is 11.1. The zero-order valence-electron chi connectivity index (χ0n) is 8.27. The van der Waals surface area contributed by atoms with E-state index in [4.69, 9.17) is 0 Å². The molecule has 1 heterocycles. The number of allylic oxidation sites excluding steroid dienone is 1. The fourth-order valence-corrected chi connectivity index (χ4v) is 2.58. The monoisotopic (exact) mass is 217 g/mol. The fraction of sp³-hybridized carbons (Fsp3) is 0.667. The largest absolute Gasteiger partial charge is 0.298 e. The van der Waals surface area contributed by atoms with Crippen molar-refractivity contribution in [2.75, 3.05) is 31.1 Å². The summed E-state index contributed by atoms with van der Waals surface area (Å²) >= 11 is 0. The molecule has 0 unspecified atom stereocenters. The Morgan fingerprint density at radius 1 is 1.36 bits per heavy atom. The molecule has 5 heteroatoms. The van der Waals surface area contributed by atoms with Gasteiger partial charge in [0.25, 0.3) is 0 Å². The summed E-state index contributed by atoms with van der Waals surface area (Å²) in [6.45, 7) is 3.31. The maximum Gasteiger partial charge on any atom is 0.152 e. The molecule has 0 atom stereocenters. The molecule has 14 heavy (non-hydrogen) atoms. The number of ketones is 1. The normalized spacial score (nSPS) is 22.6. The Labute approximate surface area is 84.5 Å². The Bertz CT molecular complexity index is 318. The molecule has 80 valence electrons. The van der Waals surface area contributed by atoms with Crippen LogP contribution in [0.2, 0.25) is 0 Å². The average molecular weight is 217 g/mol. The summed E-state index contributed by atoms with van der Waals surface area (Å²) in [6, 6.07) is 0. The van der Waals surface area contributed by atoms with Crippen molar-refractivity contribution in [1.82, 2.24) is 4.90 Å². The molecule has 0 aliphatic carbocycles. The summed E-state index contributed by atoms with van der Waals surface area (Å²) in [5.74, 6) is 0.497. The van der Waals surface area contributed by atoms with Crippen LogP contribution >= 0.6 is 0 Å². The van der Waals surface area contributed by atoms with Gasteiger partial charge in [0.05, 0.1) is 11.5 Å². The van der Waals surface area contributed by atoms with E-state index < -0.39 is 9.84 Å². The van der Waals surface area contributed by atoms with Crippen molar-refractivity contribution in [3.05, 3.63) is 12.2 Å². The molecule has 1 rings (SSSR count). The number of sulfone groups is 1. The molecule has 0 aromatic rings. The second-order valence-electron chi connectivity index (χ2n) is 3.47. The third kappa shape index (κ3) is 4.02. The Balaban J connectivity index is 2.33. The Kier molecular flexibility index (Phi) is 3.83. The van der Waals surface area contributed by atoms with Crippen LogP contribution in [0.1, 0.15) is 6.92 Å². The van der Waals surface area contributed by atoms with Gasteiger partial charge in [-0.15, -0.1) is 0 Å².